The number of rotatable bonds is 6. The summed E-state index contributed by atoms with van der Waals surface area (Å²) < 4.78 is 23.3. The number of hydrogen-bond donors (Lipinski definition) is 2. The van der Waals surface area contributed by atoms with Gasteiger partial charge in [-0.2, -0.15) is 0 Å². The van der Waals surface area contributed by atoms with Crippen LogP contribution in [0.4, 0.5) is 16.0 Å². The summed E-state index contributed by atoms with van der Waals surface area (Å²) in [5.74, 6) is 0.633. The summed E-state index contributed by atoms with van der Waals surface area (Å²) in [6, 6.07) is 11.1. The Kier molecular flexibility index (Phi) is 5.43. The van der Waals surface area contributed by atoms with Gasteiger partial charge in [-0.05, 0) is 30.3 Å². The molecule has 0 unspecified atom stereocenters. The Morgan fingerprint density at radius 2 is 1.85 bits per heavy atom. The lowest BCUT2D eigenvalue weighted by Crippen LogP contribution is -1.99. The molecule has 0 radical (unpaired) electrons. The first-order valence-corrected chi connectivity index (χ1v) is 8.39. The summed E-state index contributed by atoms with van der Waals surface area (Å²) in [6.45, 7) is 0. The molecule has 8 heteroatoms. The van der Waals surface area contributed by atoms with E-state index in [-0.39, 0.29) is 17.3 Å². The fourth-order valence-corrected chi connectivity index (χ4v) is 3.00. The topological polar surface area (TPSA) is 76.5 Å². The molecule has 6 nitrogen and oxygen atoms in total. The van der Waals surface area contributed by atoms with Crippen LogP contribution in [0.3, 0.4) is 0 Å². The van der Waals surface area contributed by atoms with Crippen molar-refractivity contribution in [3.05, 3.63) is 54.5 Å². The average molecular weight is 373 g/mol. The Hall–Kier alpha value is -3.00. The molecule has 2 N–H and O–H groups in total. The number of aromatic nitrogens is 2. The second-order valence-electron chi connectivity index (χ2n) is 5.13. The minimum atomic E-state index is -0.285. The molecular weight excluding hydrogens is 357 g/mol. The SMILES string of the molecule is COc1cc(Nc2nccc(Sc3ccc(F)cc3)n2)cc(O)c1OC. The number of aromatic hydroxyl groups is 1. The summed E-state index contributed by atoms with van der Waals surface area (Å²) in [5.41, 5.74) is 0.545. The number of phenolic OH excluding ortho intramolecular Hbond substituents is 1. The molecule has 0 bridgehead atoms. The van der Waals surface area contributed by atoms with Crippen LogP contribution in [0, 0.1) is 5.82 Å². The third-order valence-corrected chi connectivity index (χ3v) is 4.33. The summed E-state index contributed by atoms with van der Waals surface area (Å²) >= 11 is 1.39. The van der Waals surface area contributed by atoms with E-state index in [9.17, 15) is 9.50 Å². The zero-order chi connectivity index (χ0) is 18.5. The monoisotopic (exact) mass is 373 g/mol. The van der Waals surface area contributed by atoms with Gasteiger partial charge in [-0.25, -0.2) is 14.4 Å². The van der Waals surface area contributed by atoms with E-state index in [0.29, 0.717) is 22.4 Å². The van der Waals surface area contributed by atoms with E-state index >= 15 is 0 Å². The van der Waals surface area contributed by atoms with Crippen molar-refractivity contribution >= 4 is 23.4 Å². The highest BCUT2D eigenvalue weighted by atomic mass is 32.2. The van der Waals surface area contributed by atoms with Crippen LogP contribution in [0.2, 0.25) is 0 Å². The highest BCUT2D eigenvalue weighted by Gasteiger charge is 2.12. The largest absolute Gasteiger partial charge is 0.504 e. The predicted octanol–water partition coefficient (Wildman–Crippen LogP) is 4.23. The van der Waals surface area contributed by atoms with E-state index in [2.05, 4.69) is 15.3 Å². The van der Waals surface area contributed by atoms with Crippen molar-refractivity contribution in [1.82, 2.24) is 9.97 Å². The molecule has 0 amide bonds. The molecule has 2 aromatic carbocycles. The number of anilines is 2. The molecule has 0 aliphatic rings. The quantitative estimate of drug-likeness (QED) is 0.626. The van der Waals surface area contributed by atoms with Crippen LogP contribution >= 0.6 is 11.8 Å². The molecule has 0 aliphatic heterocycles. The summed E-state index contributed by atoms with van der Waals surface area (Å²) in [7, 11) is 2.93. The molecule has 1 heterocycles. The van der Waals surface area contributed by atoms with Crippen LogP contribution < -0.4 is 14.8 Å². The van der Waals surface area contributed by atoms with Gasteiger partial charge in [0.15, 0.2) is 11.5 Å². The standard InChI is InChI=1S/C18H16FN3O3S/c1-24-15-10-12(9-14(23)17(15)25-2)21-18-20-8-7-16(22-18)26-13-5-3-11(19)4-6-13/h3-10,23H,1-2H3,(H,20,21,22). The zero-order valence-electron chi connectivity index (χ0n) is 14.1. The van der Waals surface area contributed by atoms with E-state index in [0.717, 1.165) is 4.90 Å². The van der Waals surface area contributed by atoms with E-state index in [1.54, 1.807) is 30.5 Å². The van der Waals surface area contributed by atoms with Crippen LogP contribution in [0.25, 0.3) is 0 Å². The van der Waals surface area contributed by atoms with Gasteiger partial charge in [0, 0.05) is 28.9 Å². The van der Waals surface area contributed by atoms with Gasteiger partial charge in [0.05, 0.1) is 14.2 Å². The van der Waals surface area contributed by atoms with Crippen molar-refractivity contribution in [1.29, 1.82) is 0 Å². The highest BCUT2D eigenvalue weighted by molar-refractivity contribution is 7.99. The van der Waals surface area contributed by atoms with Gasteiger partial charge in [-0.1, -0.05) is 11.8 Å². The fraction of sp³-hybridized carbons (Fsp3) is 0.111. The molecule has 0 saturated heterocycles. The minimum Gasteiger partial charge on any atom is -0.504 e. The second-order valence-corrected chi connectivity index (χ2v) is 6.22. The third-order valence-electron chi connectivity index (χ3n) is 3.38. The highest BCUT2D eigenvalue weighted by Crippen LogP contribution is 2.39. The number of ether oxygens (including phenoxy) is 2. The van der Waals surface area contributed by atoms with E-state index in [1.807, 2.05) is 0 Å². The van der Waals surface area contributed by atoms with Crippen LogP contribution in [0.15, 0.2) is 58.6 Å². The number of nitrogens with zero attached hydrogens (tertiary/aromatic N) is 2. The average Bonchev–Trinajstić information content (AvgIpc) is 2.63. The van der Waals surface area contributed by atoms with Crippen molar-refractivity contribution < 1.29 is 19.0 Å². The normalized spacial score (nSPS) is 10.4. The summed E-state index contributed by atoms with van der Waals surface area (Å²) in [6.07, 6.45) is 1.61. The fourth-order valence-electron chi connectivity index (χ4n) is 2.23. The predicted molar refractivity (Wildman–Crippen MR) is 97.0 cm³/mol. The Morgan fingerprint density at radius 1 is 1.08 bits per heavy atom. The minimum absolute atomic E-state index is 0.0637. The third kappa shape index (κ3) is 4.15. The Labute approximate surface area is 154 Å². The Morgan fingerprint density at radius 3 is 2.54 bits per heavy atom. The lowest BCUT2D eigenvalue weighted by Gasteiger charge is -2.12. The Bertz CT molecular complexity index is 907. The first kappa shape index (κ1) is 17.8. The van der Waals surface area contributed by atoms with Crippen LogP contribution in [-0.2, 0) is 0 Å². The molecule has 3 rings (SSSR count). The molecule has 0 aliphatic carbocycles. The number of hydrogen-bond acceptors (Lipinski definition) is 7. The number of nitrogens with one attached hydrogen (secondary N) is 1. The number of phenols is 1. The first-order valence-electron chi connectivity index (χ1n) is 7.57. The molecule has 134 valence electrons. The van der Waals surface area contributed by atoms with Crippen molar-refractivity contribution in [2.24, 2.45) is 0 Å². The van der Waals surface area contributed by atoms with Crippen LogP contribution in [-0.4, -0.2) is 29.3 Å². The van der Waals surface area contributed by atoms with Gasteiger partial charge in [0.1, 0.15) is 10.8 Å². The summed E-state index contributed by atoms with van der Waals surface area (Å²) in [4.78, 5) is 9.44. The molecule has 0 fully saturated rings. The lowest BCUT2D eigenvalue weighted by molar-refractivity contribution is 0.333. The first-order chi connectivity index (χ1) is 12.6. The Balaban J connectivity index is 1.80. The molecule has 3 aromatic rings. The second kappa shape index (κ2) is 7.92. The van der Waals surface area contributed by atoms with Crippen molar-refractivity contribution in [2.45, 2.75) is 9.92 Å². The number of halogens is 1. The van der Waals surface area contributed by atoms with E-state index in [1.165, 1.54) is 44.2 Å². The molecule has 0 saturated carbocycles. The number of methoxy groups -OCH3 is 2. The molecular formula is C18H16FN3O3S. The maximum atomic E-state index is 13.0. The van der Waals surface area contributed by atoms with Gasteiger partial charge in [-0.15, -0.1) is 0 Å². The van der Waals surface area contributed by atoms with E-state index < -0.39 is 0 Å². The lowest BCUT2D eigenvalue weighted by atomic mass is 10.2. The smallest absolute Gasteiger partial charge is 0.228 e. The molecule has 0 spiro atoms. The van der Waals surface area contributed by atoms with Crippen molar-refractivity contribution in [3.63, 3.8) is 0 Å². The van der Waals surface area contributed by atoms with Gasteiger partial charge in [0.25, 0.3) is 0 Å². The van der Waals surface area contributed by atoms with Crippen molar-refractivity contribution in [2.75, 3.05) is 19.5 Å². The summed E-state index contributed by atoms with van der Waals surface area (Å²) in [5, 5.41) is 13.7. The maximum Gasteiger partial charge on any atom is 0.228 e. The van der Waals surface area contributed by atoms with Crippen LogP contribution in [0.1, 0.15) is 0 Å². The maximum absolute atomic E-state index is 13.0. The van der Waals surface area contributed by atoms with Gasteiger partial charge < -0.3 is 19.9 Å². The van der Waals surface area contributed by atoms with Gasteiger partial charge in [-0.3, -0.25) is 0 Å². The van der Waals surface area contributed by atoms with E-state index in [4.69, 9.17) is 9.47 Å². The van der Waals surface area contributed by atoms with Crippen LogP contribution in [0.5, 0.6) is 17.2 Å². The molecule has 26 heavy (non-hydrogen) atoms. The zero-order valence-corrected chi connectivity index (χ0v) is 14.9. The molecule has 1 aromatic heterocycles. The van der Waals surface area contributed by atoms with Gasteiger partial charge in [0.2, 0.25) is 11.7 Å². The number of benzene rings is 2. The van der Waals surface area contributed by atoms with Crippen molar-refractivity contribution in [3.8, 4) is 17.2 Å². The molecule has 0 atom stereocenters. The van der Waals surface area contributed by atoms with Gasteiger partial charge >= 0.3 is 0 Å².